The van der Waals surface area contributed by atoms with Crippen molar-refractivity contribution in [2.24, 2.45) is 0 Å². The standard InChI is InChI=1S/C12H18ClNOS/c1-2-14-9-3-6-12(15,7-4-9)11-10(13)5-8-16-11/h5,8-9,14-15H,2-4,6-7H2,1H3. The third-order valence-corrected chi connectivity index (χ3v) is 4.88. The average Bonchev–Trinajstić information content (AvgIpc) is 2.69. The Morgan fingerprint density at radius 3 is 2.75 bits per heavy atom. The molecule has 0 amide bonds. The van der Waals surface area contributed by atoms with Gasteiger partial charge in [-0.05, 0) is 43.7 Å². The first-order valence-corrected chi connectivity index (χ1v) is 7.10. The highest BCUT2D eigenvalue weighted by atomic mass is 35.5. The summed E-state index contributed by atoms with van der Waals surface area (Å²) in [7, 11) is 0. The SMILES string of the molecule is CCNC1CCC(O)(c2sccc2Cl)CC1. The van der Waals surface area contributed by atoms with Gasteiger partial charge in [0.05, 0.1) is 9.90 Å². The number of halogens is 1. The molecule has 0 radical (unpaired) electrons. The molecule has 1 heterocycles. The van der Waals surface area contributed by atoms with E-state index in [1.54, 1.807) is 11.3 Å². The lowest BCUT2D eigenvalue weighted by molar-refractivity contribution is -0.00473. The summed E-state index contributed by atoms with van der Waals surface area (Å²) in [5.74, 6) is 0. The molecule has 90 valence electrons. The first-order chi connectivity index (χ1) is 7.65. The van der Waals surface area contributed by atoms with Crippen LogP contribution in [0.3, 0.4) is 0 Å². The highest BCUT2D eigenvalue weighted by molar-refractivity contribution is 7.10. The molecule has 1 aliphatic rings. The molecule has 1 saturated carbocycles. The van der Waals surface area contributed by atoms with Crippen LogP contribution in [0.25, 0.3) is 0 Å². The summed E-state index contributed by atoms with van der Waals surface area (Å²) in [5.41, 5.74) is -0.683. The molecule has 1 aliphatic carbocycles. The minimum absolute atomic E-state index is 0.559. The van der Waals surface area contributed by atoms with Crippen LogP contribution in [-0.4, -0.2) is 17.7 Å². The molecule has 1 fully saturated rings. The molecule has 4 heteroatoms. The second-order valence-electron chi connectivity index (χ2n) is 4.46. The molecule has 1 aromatic rings. The summed E-state index contributed by atoms with van der Waals surface area (Å²) in [6.07, 6.45) is 3.67. The summed E-state index contributed by atoms with van der Waals surface area (Å²) in [6.45, 7) is 3.12. The highest BCUT2D eigenvalue weighted by Crippen LogP contribution is 2.42. The second kappa shape index (κ2) is 5.05. The van der Waals surface area contributed by atoms with Crippen LogP contribution < -0.4 is 5.32 Å². The van der Waals surface area contributed by atoms with Crippen molar-refractivity contribution in [3.05, 3.63) is 21.3 Å². The van der Waals surface area contributed by atoms with E-state index in [1.807, 2.05) is 11.4 Å². The number of aliphatic hydroxyl groups is 1. The van der Waals surface area contributed by atoms with Crippen LogP contribution in [0.5, 0.6) is 0 Å². The molecular weight excluding hydrogens is 242 g/mol. The quantitative estimate of drug-likeness (QED) is 0.874. The zero-order chi connectivity index (χ0) is 11.6. The zero-order valence-electron chi connectivity index (χ0n) is 9.50. The molecular formula is C12H18ClNOS. The van der Waals surface area contributed by atoms with Crippen LogP contribution in [0, 0.1) is 0 Å². The second-order valence-corrected chi connectivity index (χ2v) is 5.78. The predicted octanol–water partition coefficient (Wildman–Crippen LogP) is 3.14. The molecule has 2 nitrogen and oxygen atoms in total. The van der Waals surface area contributed by atoms with Crippen LogP contribution in [0.15, 0.2) is 11.4 Å². The van der Waals surface area contributed by atoms with E-state index in [-0.39, 0.29) is 0 Å². The summed E-state index contributed by atoms with van der Waals surface area (Å²) in [4.78, 5) is 0.948. The molecule has 0 saturated heterocycles. The van der Waals surface area contributed by atoms with E-state index < -0.39 is 5.60 Å². The lowest BCUT2D eigenvalue weighted by Gasteiger charge is -2.36. The molecule has 0 aromatic carbocycles. The monoisotopic (exact) mass is 259 g/mol. The summed E-state index contributed by atoms with van der Waals surface area (Å²) >= 11 is 7.66. The lowest BCUT2D eigenvalue weighted by atomic mass is 9.81. The fourth-order valence-electron chi connectivity index (χ4n) is 2.44. The van der Waals surface area contributed by atoms with Crippen LogP contribution in [-0.2, 0) is 5.60 Å². The lowest BCUT2D eigenvalue weighted by Crippen LogP contribution is -2.39. The van der Waals surface area contributed by atoms with Gasteiger partial charge >= 0.3 is 0 Å². The highest BCUT2D eigenvalue weighted by Gasteiger charge is 2.36. The van der Waals surface area contributed by atoms with Gasteiger partial charge in [-0.2, -0.15) is 0 Å². The molecule has 2 rings (SSSR count). The molecule has 0 unspecified atom stereocenters. The van der Waals surface area contributed by atoms with Crippen molar-refractivity contribution in [1.82, 2.24) is 5.32 Å². The Morgan fingerprint density at radius 1 is 1.56 bits per heavy atom. The Balaban J connectivity index is 2.04. The van der Waals surface area contributed by atoms with Gasteiger partial charge in [0.1, 0.15) is 5.60 Å². The molecule has 0 atom stereocenters. The van der Waals surface area contributed by atoms with Gasteiger partial charge in [0.2, 0.25) is 0 Å². The molecule has 2 N–H and O–H groups in total. The number of hydrogen-bond acceptors (Lipinski definition) is 3. The van der Waals surface area contributed by atoms with Crippen LogP contribution in [0.2, 0.25) is 5.02 Å². The summed E-state index contributed by atoms with van der Waals surface area (Å²) in [5, 5.41) is 16.7. The Kier molecular flexibility index (Phi) is 3.90. The molecule has 1 aromatic heterocycles. The number of thiophene rings is 1. The fourth-order valence-corrected chi connectivity index (χ4v) is 3.83. The van der Waals surface area contributed by atoms with Crippen molar-refractivity contribution in [1.29, 1.82) is 0 Å². The van der Waals surface area contributed by atoms with E-state index in [0.717, 1.165) is 42.1 Å². The summed E-state index contributed by atoms with van der Waals surface area (Å²) < 4.78 is 0. The van der Waals surface area contributed by atoms with Crippen molar-refractivity contribution >= 4 is 22.9 Å². The molecule has 0 spiro atoms. The van der Waals surface area contributed by atoms with Crippen molar-refractivity contribution in [3.63, 3.8) is 0 Å². The largest absolute Gasteiger partial charge is 0.384 e. The minimum atomic E-state index is -0.683. The van der Waals surface area contributed by atoms with Crippen molar-refractivity contribution in [3.8, 4) is 0 Å². The first kappa shape index (κ1) is 12.4. The van der Waals surface area contributed by atoms with E-state index in [9.17, 15) is 5.11 Å². The predicted molar refractivity (Wildman–Crippen MR) is 69.2 cm³/mol. The van der Waals surface area contributed by atoms with Gasteiger partial charge in [0.15, 0.2) is 0 Å². The molecule has 0 bridgehead atoms. The van der Waals surface area contributed by atoms with Crippen LogP contribution in [0.1, 0.15) is 37.5 Å². The smallest absolute Gasteiger partial charge is 0.100 e. The number of rotatable bonds is 3. The number of nitrogens with one attached hydrogen (secondary N) is 1. The third kappa shape index (κ3) is 2.43. The maximum absolute atomic E-state index is 10.6. The average molecular weight is 260 g/mol. The van der Waals surface area contributed by atoms with Gasteiger partial charge in [-0.3, -0.25) is 0 Å². The Morgan fingerprint density at radius 2 is 2.25 bits per heavy atom. The maximum Gasteiger partial charge on any atom is 0.100 e. The Bertz CT molecular complexity index is 345. The normalized spacial score (nSPS) is 30.6. The van der Waals surface area contributed by atoms with Crippen molar-refractivity contribution in [2.75, 3.05) is 6.54 Å². The van der Waals surface area contributed by atoms with E-state index in [0.29, 0.717) is 6.04 Å². The number of hydrogen-bond donors (Lipinski definition) is 2. The van der Waals surface area contributed by atoms with Crippen molar-refractivity contribution < 1.29 is 5.11 Å². The van der Waals surface area contributed by atoms with E-state index >= 15 is 0 Å². The fraction of sp³-hybridized carbons (Fsp3) is 0.667. The maximum atomic E-state index is 10.6. The van der Waals surface area contributed by atoms with Gasteiger partial charge in [-0.15, -0.1) is 11.3 Å². The third-order valence-electron chi connectivity index (χ3n) is 3.35. The van der Waals surface area contributed by atoms with Gasteiger partial charge in [-0.1, -0.05) is 18.5 Å². The van der Waals surface area contributed by atoms with Crippen LogP contribution in [0.4, 0.5) is 0 Å². The minimum Gasteiger partial charge on any atom is -0.384 e. The molecule has 0 aliphatic heterocycles. The zero-order valence-corrected chi connectivity index (χ0v) is 11.1. The van der Waals surface area contributed by atoms with E-state index in [2.05, 4.69) is 12.2 Å². The van der Waals surface area contributed by atoms with E-state index in [1.165, 1.54) is 0 Å². The van der Waals surface area contributed by atoms with Gasteiger partial charge in [0, 0.05) is 6.04 Å². The molecule has 16 heavy (non-hydrogen) atoms. The first-order valence-electron chi connectivity index (χ1n) is 5.85. The topological polar surface area (TPSA) is 32.3 Å². The van der Waals surface area contributed by atoms with Gasteiger partial charge in [0.25, 0.3) is 0 Å². The van der Waals surface area contributed by atoms with Gasteiger partial charge in [-0.25, -0.2) is 0 Å². The van der Waals surface area contributed by atoms with E-state index in [4.69, 9.17) is 11.6 Å². The van der Waals surface area contributed by atoms with Crippen molar-refractivity contribution in [2.45, 2.75) is 44.2 Å². The van der Waals surface area contributed by atoms with Crippen LogP contribution >= 0.6 is 22.9 Å². The Labute approximate surface area is 106 Å². The van der Waals surface area contributed by atoms with Gasteiger partial charge < -0.3 is 10.4 Å². The summed E-state index contributed by atoms with van der Waals surface area (Å²) in [6, 6.07) is 2.43. The Hall–Kier alpha value is -0.0900.